The maximum Gasteiger partial charge on any atom is 0.276 e. The highest BCUT2D eigenvalue weighted by molar-refractivity contribution is 6.06. The Hall–Kier alpha value is -4.14. The van der Waals surface area contributed by atoms with Gasteiger partial charge in [0.2, 0.25) is 5.91 Å². The number of ether oxygens (including phenoxy) is 2. The highest BCUT2D eigenvalue weighted by Crippen LogP contribution is 2.34. The molecule has 0 spiro atoms. The molecule has 2 aromatic carbocycles. The van der Waals surface area contributed by atoms with Crippen molar-refractivity contribution >= 4 is 23.2 Å². The summed E-state index contributed by atoms with van der Waals surface area (Å²) in [5.74, 6) is 1.17. The average molecular weight is 516 g/mol. The van der Waals surface area contributed by atoms with E-state index in [0.29, 0.717) is 30.1 Å². The van der Waals surface area contributed by atoms with Gasteiger partial charge in [0.05, 0.1) is 25.5 Å². The number of nitrogens with one attached hydrogen (secondary N) is 2. The number of amides is 2. The summed E-state index contributed by atoms with van der Waals surface area (Å²) in [6, 6.07) is 14.9. The summed E-state index contributed by atoms with van der Waals surface area (Å²) in [7, 11) is 1.65. The first-order chi connectivity index (χ1) is 18.5. The molecule has 1 aliphatic heterocycles. The zero-order valence-electron chi connectivity index (χ0n) is 21.8. The number of H-pyrrole nitrogens is 1. The third kappa shape index (κ3) is 5.72. The molecule has 1 saturated carbocycles. The molecule has 5 rings (SSSR count). The van der Waals surface area contributed by atoms with E-state index >= 15 is 0 Å². The van der Waals surface area contributed by atoms with E-state index < -0.39 is 0 Å². The highest BCUT2D eigenvalue weighted by Gasteiger charge is 2.30. The SMILES string of the molecule is CCC1CC(=O)N(Cc2ccc(NC(=O)c3cc[nH]n3)cc2)N=C1c1ccc(OC)c(OC2CCCC2)c1. The number of hydrazone groups is 1. The molecular formula is C29H33N5O4. The monoisotopic (exact) mass is 515 g/mol. The fraction of sp³-hybridized carbons (Fsp3) is 0.379. The van der Waals surface area contributed by atoms with Crippen molar-refractivity contribution < 1.29 is 19.1 Å². The van der Waals surface area contributed by atoms with Crippen LogP contribution in [0.5, 0.6) is 11.5 Å². The molecule has 1 atom stereocenters. The van der Waals surface area contributed by atoms with Crippen LogP contribution in [0, 0.1) is 5.92 Å². The Morgan fingerprint density at radius 1 is 1.11 bits per heavy atom. The number of aromatic amines is 1. The summed E-state index contributed by atoms with van der Waals surface area (Å²) in [6.45, 7) is 2.42. The molecule has 1 unspecified atom stereocenters. The predicted octanol–water partition coefficient (Wildman–Crippen LogP) is 5.15. The van der Waals surface area contributed by atoms with Gasteiger partial charge in [-0.1, -0.05) is 19.1 Å². The lowest BCUT2D eigenvalue weighted by Crippen LogP contribution is -2.36. The normalized spacial score (nSPS) is 17.8. The van der Waals surface area contributed by atoms with Crippen LogP contribution in [0.1, 0.15) is 67.1 Å². The molecule has 2 aliphatic rings. The van der Waals surface area contributed by atoms with Gasteiger partial charge in [-0.05, 0) is 74.1 Å². The van der Waals surface area contributed by atoms with Gasteiger partial charge in [-0.3, -0.25) is 14.7 Å². The van der Waals surface area contributed by atoms with E-state index in [2.05, 4.69) is 22.4 Å². The second-order valence-electron chi connectivity index (χ2n) is 9.75. The first-order valence-corrected chi connectivity index (χ1v) is 13.2. The summed E-state index contributed by atoms with van der Waals surface area (Å²) >= 11 is 0. The molecule has 198 valence electrons. The molecule has 38 heavy (non-hydrogen) atoms. The van der Waals surface area contributed by atoms with E-state index in [-0.39, 0.29) is 23.8 Å². The minimum atomic E-state index is -0.291. The summed E-state index contributed by atoms with van der Waals surface area (Å²) in [6.07, 6.45) is 7.50. The van der Waals surface area contributed by atoms with E-state index in [9.17, 15) is 9.59 Å². The largest absolute Gasteiger partial charge is 0.493 e. The Labute approximate surface area is 222 Å². The fourth-order valence-corrected chi connectivity index (χ4v) is 5.00. The van der Waals surface area contributed by atoms with Gasteiger partial charge in [-0.2, -0.15) is 10.2 Å². The van der Waals surface area contributed by atoms with E-state index in [4.69, 9.17) is 14.6 Å². The van der Waals surface area contributed by atoms with Crippen molar-refractivity contribution in [3.8, 4) is 11.5 Å². The van der Waals surface area contributed by atoms with Gasteiger partial charge in [-0.15, -0.1) is 0 Å². The number of carbonyl (C=O) groups excluding carboxylic acids is 2. The number of hydrogen-bond donors (Lipinski definition) is 2. The lowest BCUT2D eigenvalue weighted by Gasteiger charge is -2.29. The molecule has 1 aliphatic carbocycles. The molecule has 0 saturated heterocycles. The van der Waals surface area contributed by atoms with Gasteiger partial charge in [0.15, 0.2) is 11.5 Å². The van der Waals surface area contributed by atoms with Crippen LogP contribution in [0.25, 0.3) is 0 Å². The molecule has 9 heteroatoms. The van der Waals surface area contributed by atoms with Crippen molar-refractivity contribution in [2.45, 2.75) is 58.1 Å². The van der Waals surface area contributed by atoms with Gasteiger partial charge in [0, 0.05) is 29.8 Å². The number of benzene rings is 2. The summed E-state index contributed by atoms with van der Waals surface area (Å²) in [4.78, 5) is 25.2. The van der Waals surface area contributed by atoms with E-state index in [1.54, 1.807) is 24.4 Å². The minimum Gasteiger partial charge on any atom is -0.493 e. The van der Waals surface area contributed by atoms with Gasteiger partial charge in [-0.25, -0.2) is 5.01 Å². The number of rotatable bonds is 9. The molecule has 1 aromatic heterocycles. The Kier molecular flexibility index (Phi) is 7.72. The lowest BCUT2D eigenvalue weighted by atomic mass is 9.89. The molecule has 2 heterocycles. The summed E-state index contributed by atoms with van der Waals surface area (Å²) in [5, 5.41) is 15.7. The number of carbonyl (C=O) groups is 2. The van der Waals surface area contributed by atoms with Crippen LogP contribution in [0.3, 0.4) is 0 Å². The minimum absolute atomic E-state index is 0.00699. The zero-order valence-corrected chi connectivity index (χ0v) is 21.8. The lowest BCUT2D eigenvalue weighted by molar-refractivity contribution is -0.133. The number of hydrogen-bond acceptors (Lipinski definition) is 6. The molecule has 2 amide bonds. The van der Waals surface area contributed by atoms with Crippen LogP contribution in [0.2, 0.25) is 0 Å². The van der Waals surface area contributed by atoms with Crippen molar-refractivity contribution in [1.29, 1.82) is 0 Å². The third-order valence-electron chi connectivity index (χ3n) is 7.15. The Morgan fingerprint density at radius 3 is 2.58 bits per heavy atom. The van der Waals surface area contributed by atoms with Crippen LogP contribution in [-0.4, -0.2) is 45.9 Å². The number of nitrogens with zero attached hydrogens (tertiary/aromatic N) is 3. The quantitative estimate of drug-likeness (QED) is 0.409. The highest BCUT2D eigenvalue weighted by atomic mass is 16.5. The molecular weight excluding hydrogens is 482 g/mol. The Balaban J connectivity index is 1.34. The fourth-order valence-electron chi connectivity index (χ4n) is 5.00. The first kappa shape index (κ1) is 25.5. The maximum absolute atomic E-state index is 13.0. The average Bonchev–Trinajstić information content (AvgIpc) is 3.66. The van der Waals surface area contributed by atoms with Crippen molar-refractivity contribution in [1.82, 2.24) is 15.2 Å². The van der Waals surface area contributed by atoms with E-state index in [1.807, 2.05) is 42.5 Å². The standard InChI is InChI=1S/C29H33N5O4/c1-3-20-17-27(35)34(18-19-8-11-22(12-9-19)31-29(36)24-14-15-30-32-24)33-28(20)21-10-13-25(37-2)26(16-21)38-23-6-4-5-7-23/h8-16,20,23H,3-7,17-18H2,1-2H3,(H,30,32)(H,31,36). The molecule has 9 nitrogen and oxygen atoms in total. The van der Waals surface area contributed by atoms with Crippen molar-refractivity contribution in [2.24, 2.45) is 11.0 Å². The van der Waals surface area contributed by atoms with Gasteiger partial charge >= 0.3 is 0 Å². The second-order valence-corrected chi connectivity index (χ2v) is 9.75. The van der Waals surface area contributed by atoms with Crippen LogP contribution in [0.15, 0.2) is 59.8 Å². The van der Waals surface area contributed by atoms with E-state index in [1.165, 1.54) is 12.8 Å². The first-order valence-electron chi connectivity index (χ1n) is 13.2. The Morgan fingerprint density at radius 2 is 1.89 bits per heavy atom. The summed E-state index contributed by atoms with van der Waals surface area (Å²) < 4.78 is 11.9. The smallest absolute Gasteiger partial charge is 0.276 e. The molecule has 0 radical (unpaired) electrons. The predicted molar refractivity (Wildman–Crippen MR) is 144 cm³/mol. The summed E-state index contributed by atoms with van der Waals surface area (Å²) in [5.41, 5.74) is 3.70. The molecule has 2 N–H and O–H groups in total. The van der Waals surface area contributed by atoms with Gasteiger partial charge < -0.3 is 14.8 Å². The Bertz CT molecular complexity index is 1300. The van der Waals surface area contributed by atoms with Crippen LogP contribution < -0.4 is 14.8 Å². The van der Waals surface area contributed by atoms with E-state index in [0.717, 1.165) is 41.9 Å². The van der Waals surface area contributed by atoms with Crippen molar-refractivity contribution in [3.05, 3.63) is 71.5 Å². The third-order valence-corrected chi connectivity index (χ3v) is 7.15. The second kappa shape index (κ2) is 11.5. The van der Waals surface area contributed by atoms with Crippen LogP contribution in [0.4, 0.5) is 5.69 Å². The zero-order chi connectivity index (χ0) is 26.5. The van der Waals surface area contributed by atoms with Crippen LogP contribution in [-0.2, 0) is 11.3 Å². The molecule has 0 bridgehead atoms. The molecule has 1 fully saturated rings. The van der Waals surface area contributed by atoms with Crippen LogP contribution >= 0.6 is 0 Å². The van der Waals surface area contributed by atoms with Gasteiger partial charge in [0.1, 0.15) is 5.69 Å². The number of methoxy groups -OCH3 is 1. The number of aromatic nitrogens is 2. The van der Waals surface area contributed by atoms with Crippen molar-refractivity contribution in [3.63, 3.8) is 0 Å². The topological polar surface area (TPSA) is 109 Å². The maximum atomic E-state index is 13.0. The molecule has 3 aromatic rings. The van der Waals surface area contributed by atoms with Crippen molar-refractivity contribution in [2.75, 3.05) is 12.4 Å². The van der Waals surface area contributed by atoms with Gasteiger partial charge in [0.25, 0.3) is 5.91 Å². The number of anilines is 1.